The van der Waals surface area contributed by atoms with E-state index in [2.05, 4.69) is 12.1 Å². The molecule has 3 nitrogen and oxygen atoms in total. The van der Waals surface area contributed by atoms with Crippen LogP contribution >= 0.6 is 0 Å². The van der Waals surface area contributed by atoms with Crippen LogP contribution in [0.1, 0.15) is 12.0 Å². The first-order chi connectivity index (χ1) is 7.26. The molecule has 0 atom stereocenters. The number of rotatable bonds is 6. The lowest BCUT2D eigenvalue weighted by Crippen LogP contribution is -2.18. The van der Waals surface area contributed by atoms with Crippen molar-refractivity contribution in [3.05, 3.63) is 29.8 Å². The summed E-state index contributed by atoms with van der Waals surface area (Å²) in [5.41, 5.74) is 7.76. The Labute approximate surface area is 93.0 Å². The average molecular weight is 225 g/mol. The summed E-state index contributed by atoms with van der Waals surface area (Å²) in [7, 11) is 2.08. The van der Waals surface area contributed by atoms with Gasteiger partial charge in [-0.2, -0.15) is 0 Å². The summed E-state index contributed by atoms with van der Waals surface area (Å²) in [6.07, 6.45) is 2.18. The van der Waals surface area contributed by atoms with Gasteiger partial charge in [0.05, 0.1) is 0 Å². The van der Waals surface area contributed by atoms with Crippen LogP contribution in [-0.4, -0.2) is 23.5 Å². The Morgan fingerprint density at radius 1 is 1.13 bits per heavy atom. The molecule has 0 heterocycles. The van der Waals surface area contributed by atoms with Gasteiger partial charge in [-0.15, -0.1) is 0 Å². The van der Waals surface area contributed by atoms with Crippen LogP contribution in [0.25, 0.3) is 0 Å². The second-order valence-corrected chi connectivity index (χ2v) is 5.91. The van der Waals surface area contributed by atoms with E-state index in [0.717, 1.165) is 24.6 Å². The summed E-state index contributed by atoms with van der Waals surface area (Å²) in [5, 5.41) is 0. The summed E-state index contributed by atoms with van der Waals surface area (Å²) in [6, 6.07) is 9.09. The quantitative estimate of drug-likeness (QED) is 0.592. The van der Waals surface area contributed by atoms with Crippen molar-refractivity contribution in [1.82, 2.24) is 0 Å². The third-order valence-corrected chi connectivity index (χ3v) is 4.34. The Morgan fingerprint density at radius 2 is 1.73 bits per heavy atom. The maximum absolute atomic E-state index is 5.61. The highest BCUT2D eigenvalue weighted by molar-refractivity contribution is 6.44. The first kappa shape index (κ1) is 12.2. The van der Waals surface area contributed by atoms with Gasteiger partial charge in [0.25, 0.3) is 0 Å². The van der Waals surface area contributed by atoms with E-state index in [1.165, 1.54) is 5.56 Å². The zero-order valence-corrected chi connectivity index (χ0v) is 10.6. The van der Waals surface area contributed by atoms with Crippen LogP contribution in [0.15, 0.2) is 24.3 Å². The van der Waals surface area contributed by atoms with Crippen molar-refractivity contribution in [2.45, 2.75) is 18.9 Å². The van der Waals surface area contributed by atoms with E-state index in [9.17, 15) is 0 Å². The van der Waals surface area contributed by atoms with E-state index in [1.807, 2.05) is 12.1 Å². The highest BCUT2D eigenvalue weighted by atomic mass is 28.3. The fourth-order valence-electron chi connectivity index (χ4n) is 1.49. The van der Waals surface area contributed by atoms with E-state index in [4.69, 9.17) is 14.6 Å². The van der Waals surface area contributed by atoms with Crippen molar-refractivity contribution in [1.29, 1.82) is 0 Å². The molecule has 0 amide bonds. The standard InChI is InChI=1S/C11H19NO2Si/c1-13-15(14-2)9-3-4-10-5-7-11(12)8-6-10/h5-8,15H,3-4,9,12H2,1-2H3. The Morgan fingerprint density at radius 3 is 2.27 bits per heavy atom. The summed E-state index contributed by atoms with van der Waals surface area (Å²) in [6.45, 7) is 0. The summed E-state index contributed by atoms with van der Waals surface area (Å²) < 4.78 is 10.5. The molecule has 0 spiro atoms. The van der Waals surface area contributed by atoms with Gasteiger partial charge < -0.3 is 14.6 Å². The SMILES string of the molecule is CO[SiH](CCCc1ccc(N)cc1)OC. The van der Waals surface area contributed by atoms with Gasteiger partial charge in [-0.1, -0.05) is 12.1 Å². The van der Waals surface area contributed by atoms with Gasteiger partial charge in [0, 0.05) is 19.9 Å². The Bertz CT molecular complexity index is 272. The topological polar surface area (TPSA) is 44.5 Å². The van der Waals surface area contributed by atoms with Crippen molar-refractivity contribution >= 4 is 15.0 Å². The van der Waals surface area contributed by atoms with Crippen molar-refractivity contribution in [2.75, 3.05) is 20.0 Å². The molecule has 0 fully saturated rings. The van der Waals surface area contributed by atoms with E-state index in [0.29, 0.717) is 0 Å². The third kappa shape index (κ3) is 4.46. The second kappa shape index (κ2) is 6.61. The molecule has 0 saturated carbocycles. The monoisotopic (exact) mass is 225 g/mol. The van der Waals surface area contributed by atoms with Gasteiger partial charge in [0.1, 0.15) is 0 Å². The normalized spacial score (nSPS) is 10.9. The number of benzene rings is 1. The maximum Gasteiger partial charge on any atom is 0.320 e. The molecule has 4 heteroatoms. The van der Waals surface area contributed by atoms with Gasteiger partial charge >= 0.3 is 9.28 Å². The molecule has 1 aromatic carbocycles. The van der Waals surface area contributed by atoms with Crippen molar-refractivity contribution in [2.24, 2.45) is 0 Å². The molecule has 0 aliphatic heterocycles. The minimum absolute atomic E-state index is 0.819. The Hall–Kier alpha value is -0.843. The van der Waals surface area contributed by atoms with E-state index in [1.54, 1.807) is 14.2 Å². The minimum atomic E-state index is -1.37. The molecule has 0 saturated heterocycles. The van der Waals surface area contributed by atoms with Crippen molar-refractivity contribution in [3.63, 3.8) is 0 Å². The first-order valence-corrected chi connectivity index (χ1v) is 6.92. The first-order valence-electron chi connectivity index (χ1n) is 5.16. The van der Waals surface area contributed by atoms with Crippen LogP contribution in [-0.2, 0) is 15.3 Å². The summed E-state index contributed by atoms with van der Waals surface area (Å²) >= 11 is 0. The third-order valence-electron chi connectivity index (χ3n) is 2.41. The fraction of sp³-hybridized carbons (Fsp3) is 0.455. The Kier molecular flexibility index (Phi) is 5.38. The predicted molar refractivity (Wildman–Crippen MR) is 65.1 cm³/mol. The maximum atomic E-state index is 5.61. The van der Waals surface area contributed by atoms with E-state index >= 15 is 0 Å². The Balaban J connectivity index is 2.28. The van der Waals surface area contributed by atoms with Crippen molar-refractivity contribution < 1.29 is 8.85 Å². The van der Waals surface area contributed by atoms with E-state index in [-0.39, 0.29) is 0 Å². The molecule has 0 radical (unpaired) electrons. The lowest BCUT2D eigenvalue weighted by Gasteiger charge is -2.10. The smallest absolute Gasteiger partial charge is 0.320 e. The highest BCUT2D eigenvalue weighted by Gasteiger charge is 2.08. The molecule has 2 N–H and O–H groups in total. The molecule has 1 rings (SSSR count). The number of hydrogen-bond donors (Lipinski definition) is 1. The molecule has 1 aromatic rings. The van der Waals surface area contributed by atoms with Crippen LogP contribution in [0.4, 0.5) is 5.69 Å². The lowest BCUT2D eigenvalue weighted by molar-refractivity contribution is 0.276. The molecule has 0 aliphatic rings. The molecule has 84 valence electrons. The molecule has 15 heavy (non-hydrogen) atoms. The average Bonchev–Trinajstić information content (AvgIpc) is 2.27. The van der Waals surface area contributed by atoms with Gasteiger partial charge in [-0.3, -0.25) is 0 Å². The molecule has 0 bridgehead atoms. The largest absolute Gasteiger partial charge is 0.400 e. The number of aryl methyl sites for hydroxylation is 1. The van der Waals surface area contributed by atoms with Gasteiger partial charge in [0.15, 0.2) is 0 Å². The summed E-state index contributed by atoms with van der Waals surface area (Å²) in [5.74, 6) is 0. The minimum Gasteiger partial charge on any atom is -0.400 e. The van der Waals surface area contributed by atoms with Crippen LogP contribution in [0.2, 0.25) is 6.04 Å². The predicted octanol–water partition coefficient (Wildman–Crippen LogP) is 1.71. The zero-order chi connectivity index (χ0) is 11.1. The van der Waals surface area contributed by atoms with Crippen molar-refractivity contribution in [3.8, 4) is 0 Å². The molecule has 0 unspecified atom stereocenters. The van der Waals surface area contributed by atoms with E-state index < -0.39 is 9.28 Å². The number of nitrogen functional groups attached to an aromatic ring is 1. The van der Waals surface area contributed by atoms with Crippen LogP contribution in [0, 0.1) is 0 Å². The molecular formula is C11H19NO2Si. The molecule has 0 aromatic heterocycles. The number of hydrogen-bond acceptors (Lipinski definition) is 3. The molecular weight excluding hydrogens is 206 g/mol. The molecule has 0 aliphatic carbocycles. The second-order valence-electron chi connectivity index (χ2n) is 3.53. The fourth-order valence-corrected chi connectivity index (χ4v) is 2.69. The summed E-state index contributed by atoms with van der Waals surface area (Å²) in [4.78, 5) is 0. The lowest BCUT2D eigenvalue weighted by atomic mass is 10.1. The zero-order valence-electron chi connectivity index (χ0n) is 9.40. The van der Waals surface area contributed by atoms with Crippen LogP contribution < -0.4 is 5.73 Å². The highest BCUT2D eigenvalue weighted by Crippen LogP contribution is 2.10. The number of nitrogens with two attached hydrogens (primary N) is 1. The van der Waals surface area contributed by atoms with Gasteiger partial charge in [-0.25, -0.2) is 0 Å². The van der Waals surface area contributed by atoms with Gasteiger partial charge in [0.2, 0.25) is 0 Å². The van der Waals surface area contributed by atoms with Crippen LogP contribution in [0.3, 0.4) is 0 Å². The number of anilines is 1. The van der Waals surface area contributed by atoms with Gasteiger partial charge in [-0.05, 0) is 36.6 Å². The van der Waals surface area contributed by atoms with Crippen LogP contribution in [0.5, 0.6) is 0 Å².